The van der Waals surface area contributed by atoms with Crippen LogP contribution < -0.4 is 4.90 Å². The number of benzene rings is 1. The molecule has 0 radical (unpaired) electrons. The van der Waals surface area contributed by atoms with E-state index in [4.69, 9.17) is 0 Å². The molecular weight excluding hydrogens is 307 g/mol. The van der Waals surface area contributed by atoms with Crippen molar-refractivity contribution in [3.63, 3.8) is 0 Å². The minimum atomic E-state index is -0.387. The molecule has 2 aromatic heterocycles. The van der Waals surface area contributed by atoms with Gasteiger partial charge in [0.25, 0.3) is 5.91 Å². The zero-order valence-electron chi connectivity index (χ0n) is 13.1. The van der Waals surface area contributed by atoms with Gasteiger partial charge >= 0.3 is 0 Å². The molecule has 122 valence electrons. The molecule has 1 fully saturated rings. The van der Waals surface area contributed by atoms with E-state index >= 15 is 0 Å². The molecule has 6 heteroatoms. The van der Waals surface area contributed by atoms with Crippen LogP contribution in [-0.2, 0) is 0 Å². The fraction of sp³-hybridized carbons (Fsp3) is 0.278. The Hall–Kier alpha value is -2.76. The average molecular weight is 324 g/mol. The van der Waals surface area contributed by atoms with E-state index in [-0.39, 0.29) is 17.8 Å². The SMILES string of the molecule is O=C(c1cnn2cccnc12)N(c1ccccc1F)C1CCCC1. The predicted octanol–water partition coefficient (Wildman–Crippen LogP) is 3.46. The molecule has 0 unspecified atom stereocenters. The molecule has 1 aliphatic rings. The third kappa shape index (κ3) is 2.44. The maximum Gasteiger partial charge on any atom is 0.264 e. The van der Waals surface area contributed by atoms with Crippen molar-refractivity contribution < 1.29 is 9.18 Å². The van der Waals surface area contributed by atoms with E-state index < -0.39 is 0 Å². The Balaban J connectivity index is 1.81. The first-order chi connectivity index (χ1) is 11.8. The highest BCUT2D eigenvalue weighted by molar-refractivity contribution is 6.10. The van der Waals surface area contributed by atoms with Crippen molar-refractivity contribution in [1.29, 1.82) is 0 Å². The highest BCUT2D eigenvalue weighted by Gasteiger charge is 2.32. The van der Waals surface area contributed by atoms with E-state index in [0.717, 1.165) is 25.7 Å². The average Bonchev–Trinajstić information content (AvgIpc) is 3.26. The molecule has 1 saturated carbocycles. The van der Waals surface area contributed by atoms with Crippen LogP contribution in [0.2, 0.25) is 0 Å². The third-order valence-electron chi connectivity index (χ3n) is 4.53. The monoisotopic (exact) mass is 324 g/mol. The largest absolute Gasteiger partial charge is 0.302 e. The van der Waals surface area contributed by atoms with Gasteiger partial charge in [-0.3, -0.25) is 4.79 Å². The zero-order valence-corrected chi connectivity index (χ0v) is 13.1. The first-order valence-electron chi connectivity index (χ1n) is 8.12. The topological polar surface area (TPSA) is 50.5 Å². The maximum absolute atomic E-state index is 14.4. The fourth-order valence-electron chi connectivity index (χ4n) is 3.39. The normalized spacial score (nSPS) is 15.0. The van der Waals surface area contributed by atoms with Crippen LogP contribution in [0.4, 0.5) is 10.1 Å². The highest BCUT2D eigenvalue weighted by Crippen LogP contribution is 2.31. The number of para-hydroxylation sites is 1. The summed E-state index contributed by atoms with van der Waals surface area (Å²) in [5.41, 5.74) is 1.21. The molecule has 0 saturated heterocycles. The third-order valence-corrected chi connectivity index (χ3v) is 4.53. The number of carbonyl (C=O) groups excluding carboxylic acids is 1. The minimum absolute atomic E-state index is 0.00747. The lowest BCUT2D eigenvalue weighted by atomic mass is 10.1. The summed E-state index contributed by atoms with van der Waals surface area (Å²) in [6, 6.07) is 8.19. The summed E-state index contributed by atoms with van der Waals surface area (Å²) in [5.74, 6) is -0.636. The Morgan fingerprint density at radius 1 is 1.21 bits per heavy atom. The van der Waals surface area contributed by atoms with Crippen LogP contribution in [-0.4, -0.2) is 26.5 Å². The first kappa shape index (κ1) is 14.8. The first-order valence-corrected chi connectivity index (χ1v) is 8.12. The smallest absolute Gasteiger partial charge is 0.264 e. The van der Waals surface area contributed by atoms with E-state index in [2.05, 4.69) is 10.1 Å². The van der Waals surface area contributed by atoms with Gasteiger partial charge in [-0.15, -0.1) is 0 Å². The summed E-state index contributed by atoms with van der Waals surface area (Å²) >= 11 is 0. The van der Waals surface area contributed by atoms with Crippen LogP contribution in [0.15, 0.2) is 48.9 Å². The van der Waals surface area contributed by atoms with Crippen LogP contribution in [0.5, 0.6) is 0 Å². The Morgan fingerprint density at radius 3 is 2.79 bits per heavy atom. The van der Waals surface area contributed by atoms with E-state index in [1.807, 2.05) is 0 Å². The summed E-state index contributed by atoms with van der Waals surface area (Å²) in [6.45, 7) is 0. The Bertz CT molecular complexity index is 885. The van der Waals surface area contributed by atoms with Crippen LogP contribution in [0.3, 0.4) is 0 Å². The van der Waals surface area contributed by atoms with E-state index in [0.29, 0.717) is 16.9 Å². The van der Waals surface area contributed by atoms with E-state index in [1.165, 1.54) is 12.3 Å². The number of carbonyl (C=O) groups is 1. The van der Waals surface area contributed by atoms with Gasteiger partial charge in [-0.05, 0) is 31.0 Å². The number of hydrogen-bond donors (Lipinski definition) is 0. The molecule has 4 rings (SSSR count). The van der Waals surface area contributed by atoms with Gasteiger partial charge in [0, 0.05) is 18.4 Å². The van der Waals surface area contributed by atoms with Gasteiger partial charge in [0.2, 0.25) is 0 Å². The number of rotatable bonds is 3. The number of aromatic nitrogens is 3. The molecule has 0 bridgehead atoms. The number of halogens is 1. The zero-order chi connectivity index (χ0) is 16.5. The Kier molecular flexibility index (Phi) is 3.72. The lowest BCUT2D eigenvalue weighted by Crippen LogP contribution is -2.39. The molecule has 0 atom stereocenters. The van der Waals surface area contributed by atoms with Crippen molar-refractivity contribution in [1.82, 2.24) is 14.6 Å². The van der Waals surface area contributed by atoms with Gasteiger partial charge in [-0.25, -0.2) is 13.9 Å². The summed E-state index contributed by atoms with van der Waals surface area (Å²) < 4.78 is 15.9. The molecule has 2 heterocycles. The van der Waals surface area contributed by atoms with Gasteiger partial charge in [0.15, 0.2) is 5.65 Å². The summed E-state index contributed by atoms with van der Waals surface area (Å²) in [6.07, 6.45) is 8.73. The standard InChI is InChI=1S/C18H17FN4O/c19-15-8-3-4-9-16(15)23(13-6-1-2-7-13)18(24)14-12-21-22-11-5-10-20-17(14)22/h3-5,8-13H,1-2,6-7H2. The fourth-order valence-corrected chi connectivity index (χ4v) is 3.39. The molecule has 1 aromatic carbocycles. The van der Waals surface area contributed by atoms with E-state index in [9.17, 15) is 9.18 Å². The van der Waals surface area contributed by atoms with Crippen LogP contribution in [0.25, 0.3) is 5.65 Å². The van der Waals surface area contributed by atoms with Crippen LogP contribution in [0, 0.1) is 5.82 Å². The van der Waals surface area contributed by atoms with Gasteiger partial charge in [0.1, 0.15) is 11.4 Å². The maximum atomic E-state index is 14.4. The molecule has 24 heavy (non-hydrogen) atoms. The molecule has 1 aliphatic carbocycles. The highest BCUT2D eigenvalue weighted by atomic mass is 19.1. The molecular formula is C18H17FN4O. The number of amides is 1. The molecule has 1 amide bonds. The van der Waals surface area contributed by atoms with Gasteiger partial charge in [0.05, 0.1) is 11.9 Å². The number of hydrogen-bond acceptors (Lipinski definition) is 3. The van der Waals surface area contributed by atoms with Crippen LogP contribution >= 0.6 is 0 Å². The quantitative estimate of drug-likeness (QED) is 0.741. The summed E-state index contributed by atoms with van der Waals surface area (Å²) in [4.78, 5) is 19.1. The lowest BCUT2D eigenvalue weighted by molar-refractivity contribution is 0.0977. The molecule has 0 spiro atoms. The molecule has 3 aromatic rings. The van der Waals surface area contributed by atoms with E-state index in [1.54, 1.807) is 46.1 Å². The second kappa shape index (κ2) is 6.03. The van der Waals surface area contributed by atoms with Crippen LogP contribution in [0.1, 0.15) is 36.0 Å². The molecule has 0 N–H and O–H groups in total. The molecule has 5 nitrogen and oxygen atoms in total. The minimum Gasteiger partial charge on any atom is -0.302 e. The van der Waals surface area contributed by atoms with Crippen molar-refractivity contribution in [3.8, 4) is 0 Å². The predicted molar refractivity (Wildman–Crippen MR) is 88.5 cm³/mol. The van der Waals surface area contributed by atoms with Crippen molar-refractivity contribution >= 4 is 17.2 Å². The Morgan fingerprint density at radius 2 is 2.00 bits per heavy atom. The van der Waals surface area contributed by atoms with Crippen molar-refractivity contribution in [2.75, 3.05) is 4.90 Å². The number of fused-ring (bicyclic) bond motifs is 1. The van der Waals surface area contributed by atoms with Gasteiger partial charge in [-0.1, -0.05) is 25.0 Å². The summed E-state index contributed by atoms with van der Waals surface area (Å²) in [5, 5.41) is 4.18. The van der Waals surface area contributed by atoms with Crippen molar-refractivity contribution in [3.05, 3.63) is 60.3 Å². The van der Waals surface area contributed by atoms with Gasteiger partial charge < -0.3 is 4.90 Å². The second-order valence-electron chi connectivity index (χ2n) is 6.01. The lowest BCUT2D eigenvalue weighted by Gasteiger charge is -2.29. The Labute approximate surface area is 138 Å². The molecule has 0 aliphatic heterocycles. The second-order valence-corrected chi connectivity index (χ2v) is 6.01. The summed E-state index contributed by atoms with van der Waals surface area (Å²) in [7, 11) is 0. The van der Waals surface area contributed by atoms with Crippen molar-refractivity contribution in [2.45, 2.75) is 31.7 Å². The van der Waals surface area contributed by atoms with Crippen molar-refractivity contribution in [2.24, 2.45) is 0 Å². The number of nitrogens with zero attached hydrogens (tertiary/aromatic N) is 4. The van der Waals surface area contributed by atoms with Gasteiger partial charge in [-0.2, -0.15) is 5.10 Å². The number of anilines is 1.